The molecule has 1 aliphatic heterocycles. The molecule has 0 spiro atoms. The van der Waals surface area contributed by atoms with Crippen molar-refractivity contribution in [2.45, 2.75) is 26.8 Å². The van der Waals surface area contributed by atoms with Gasteiger partial charge in [0.2, 0.25) is 15.9 Å². The maximum Gasteiger partial charge on any atom is 0.241 e. The van der Waals surface area contributed by atoms with Crippen molar-refractivity contribution in [1.29, 1.82) is 0 Å². The largest absolute Gasteiger partial charge is 0.486 e. The van der Waals surface area contributed by atoms with Crippen LogP contribution in [0.4, 0.5) is 5.69 Å². The molecule has 1 atom stereocenters. The molecule has 156 valence electrons. The van der Waals surface area contributed by atoms with Gasteiger partial charge in [-0.2, -0.15) is 0 Å². The number of fused-ring (bicyclic) bond motifs is 1. The summed E-state index contributed by atoms with van der Waals surface area (Å²) in [5, 5.41) is 2.87. The average Bonchev–Trinajstić information content (AvgIpc) is 2.67. The van der Waals surface area contributed by atoms with Crippen molar-refractivity contribution >= 4 is 21.6 Å². The highest BCUT2D eigenvalue weighted by molar-refractivity contribution is 7.92. The number of hydrogen-bond donors (Lipinski definition) is 1. The maximum atomic E-state index is 12.7. The van der Waals surface area contributed by atoms with Crippen LogP contribution in [0.25, 0.3) is 0 Å². The molecule has 0 aliphatic carbocycles. The predicted molar refractivity (Wildman–Crippen MR) is 112 cm³/mol. The molecule has 7 nitrogen and oxygen atoms in total. The van der Waals surface area contributed by atoms with E-state index in [-0.39, 0.29) is 12.6 Å². The minimum atomic E-state index is -3.63. The van der Waals surface area contributed by atoms with Gasteiger partial charge >= 0.3 is 0 Å². The molecule has 0 aromatic heterocycles. The van der Waals surface area contributed by atoms with Crippen molar-refractivity contribution in [3.05, 3.63) is 53.1 Å². The van der Waals surface area contributed by atoms with Gasteiger partial charge in [-0.05, 0) is 55.7 Å². The number of sulfonamides is 1. The molecule has 0 fully saturated rings. The first-order chi connectivity index (χ1) is 13.7. The molecule has 1 heterocycles. The lowest BCUT2D eigenvalue weighted by atomic mass is 10.1. The van der Waals surface area contributed by atoms with E-state index in [0.29, 0.717) is 30.4 Å². The van der Waals surface area contributed by atoms with Gasteiger partial charge < -0.3 is 14.8 Å². The second kappa shape index (κ2) is 8.32. The molecule has 1 amide bonds. The lowest BCUT2D eigenvalue weighted by Gasteiger charge is -2.25. The summed E-state index contributed by atoms with van der Waals surface area (Å²) in [6.07, 6.45) is 1.10. The number of aryl methyl sites for hydroxylation is 1. The summed E-state index contributed by atoms with van der Waals surface area (Å²) in [5.41, 5.74) is 3.14. The molecule has 3 rings (SSSR count). The third-order valence-electron chi connectivity index (χ3n) is 4.98. The van der Waals surface area contributed by atoms with Gasteiger partial charge in [0, 0.05) is 0 Å². The molecule has 0 saturated heterocycles. The quantitative estimate of drug-likeness (QED) is 0.780. The third-order valence-corrected chi connectivity index (χ3v) is 6.10. The smallest absolute Gasteiger partial charge is 0.241 e. The van der Waals surface area contributed by atoms with Gasteiger partial charge in [-0.1, -0.05) is 18.2 Å². The summed E-state index contributed by atoms with van der Waals surface area (Å²) in [6, 6.07) is 10.6. The van der Waals surface area contributed by atoms with Crippen molar-refractivity contribution in [1.82, 2.24) is 5.32 Å². The Morgan fingerprint density at radius 1 is 1.14 bits per heavy atom. The fraction of sp³-hybridized carbons (Fsp3) is 0.381. The summed E-state index contributed by atoms with van der Waals surface area (Å²) in [4.78, 5) is 12.7. The Bertz CT molecular complexity index is 1020. The van der Waals surface area contributed by atoms with Crippen molar-refractivity contribution in [3.63, 3.8) is 0 Å². The van der Waals surface area contributed by atoms with Crippen molar-refractivity contribution in [2.75, 3.05) is 30.3 Å². The first-order valence-electron chi connectivity index (χ1n) is 9.39. The first-order valence-corrected chi connectivity index (χ1v) is 11.2. The van der Waals surface area contributed by atoms with Gasteiger partial charge in [0.1, 0.15) is 19.8 Å². The van der Waals surface area contributed by atoms with E-state index in [0.717, 1.165) is 27.3 Å². The number of anilines is 1. The van der Waals surface area contributed by atoms with Crippen LogP contribution in [0.15, 0.2) is 36.4 Å². The van der Waals surface area contributed by atoms with Gasteiger partial charge in [-0.3, -0.25) is 9.10 Å². The molecular formula is C21H26N2O5S. The summed E-state index contributed by atoms with van der Waals surface area (Å²) in [6.45, 7) is 6.29. The van der Waals surface area contributed by atoms with E-state index >= 15 is 0 Å². The molecule has 2 aromatic carbocycles. The van der Waals surface area contributed by atoms with Crippen LogP contribution in [-0.2, 0) is 14.8 Å². The van der Waals surface area contributed by atoms with Gasteiger partial charge in [0.25, 0.3) is 0 Å². The number of nitrogens with one attached hydrogen (secondary N) is 1. The van der Waals surface area contributed by atoms with Gasteiger partial charge in [0.15, 0.2) is 11.5 Å². The molecule has 0 bridgehead atoms. The number of amides is 1. The van der Waals surface area contributed by atoms with Crippen LogP contribution in [0, 0.1) is 13.8 Å². The average molecular weight is 419 g/mol. The van der Waals surface area contributed by atoms with Gasteiger partial charge in [-0.15, -0.1) is 0 Å². The fourth-order valence-corrected chi connectivity index (χ4v) is 4.12. The number of carbonyl (C=O) groups is 1. The van der Waals surface area contributed by atoms with E-state index in [1.54, 1.807) is 12.1 Å². The van der Waals surface area contributed by atoms with Crippen LogP contribution in [0.2, 0.25) is 0 Å². The fourth-order valence-electron chi connectivity index (χ4n) is 3.22. The Hall–Kier alpha value is -2.74. The molecule has 0 saturated carbocycles. The SMILES string of the molecule is Cc1cccc(N(CC(=O)NC(C)c2ccc3c(c2)OCCO3)S(C)(=O)=O)c1C. The summed E-state index contributed by atoms with van der Waals surface area (Å²) in [5.74, 6) is 0.929. The van der Waals surface area contributed by atoms with Crippen molar-refractivity contribution in [2.24, 2.45) is 0 Å². The third kappa shape index (κ3) is 4.82. The molecule has 8 heteroatoms. The normalized spacial score (nSPS) is 14.2. The highest BCUT2D eigenvalue weighted by Gasteiger charge is 2.24. The molecule has 1 unspecified atom stereocenters. The zero-order valence-corrected chi connectivity index (χ0v) is 17.9. The number of rotatable bonds is 6. The molecule has 29 heavy (non-hydrogen) atoms. The highest BCUT2D eigenvalue weighted by Crippen LogP contribution is 2.32. The Labute approximate surface area is 171 Å². The lowest BCUT2D eigenvalue weighted by molar-refractivity contribution is -0.120. The second-order valence-electron chi connectivity index (χ2n) is 7.18. The Morgan fingerprint density at radius 3 is 2.52 bits per heavy atom. The molecular weight excluding hydrogens is 392 g/mol. The number of nitrogens with zero attached hydrogens (tertiary/aromatic N) is 1. The Balaban J connectivity index is 1.76. The van der Waals surface area contributed by atoms with Gasteiger partial charge in [0.05, 0.1) is 18.0 Å². The molecule has 1 N–H and O–H groups in total. The summed E-state index contributed by atoms with van der Waals surface area (Å²) < 4.78 is 37.0. The molecule has 2 aromatic rings. The van der Waals surface area contributed by atoms with Crippen LogP contribution < -0.4 is 19.1 Å². The number of carbonyl (C=O) groups excluding carboxylic acids is 1. The van der Waals surface area contributed by atoms with E-state index in [1.807, 2.05) is 45.0 Å². The highest BCUT2D eigenvalue weighted by atomic mass is 32.2. The standard InChI is InChI=1S/C21H26N2O5S/c1-14-6-5-7-18(15(14)2)23(29(4,25)26)13-21(24)22-16(3)17-8-9-19-20(12-17)28-11-10-27-19/h5-9,12,16H,10-11,13H2,1-4H3,(H,22,24). The van der Waals surface area contributed by atoms with Crippen LogP contribution in [0.5, 0.6) is 11.5 Å². The molecule has 1 aliphatic rings. The second-order valence-corrected chi connectivity index (χ2v) is 9.09. The van der Waals surface area contributed by atoms with Crippen LogP contribution >= 0.6 is 0 Å². The van der Waals surface area contributed by atoms with E-state index in [2.05, 4.69) is 5.32 Å². The minimum Gasteiger partial charge on any atom is -0.486 e. The topological polar surface area (TPSA) is 84.9 Å². The van der Waals surface area contributed by atoms with Crippen LogP contribution in [0.1, 0.15) is 29.7 Å². The van der Waals surface area contributed by atoms with E-state index in [9.17, 15) is 13.2 Å². The predicted octanol–water partition coefficient (Wildman–Crippen LogP) is 2.72. The monoisotopic (exact) mass is 418 g/mol. The minimum absolute atomic E-state index is 0.294. The van der Waals surface area contributed by atoms with E-state index in [1.165, 1.54) is 0 Å². The molecule has 0 radical (unpaired) electrons. The Kier molecular flexibility index (Phi) is 6.02. The Morgan fingerprint density at radius 2 is 1.83 bits per heavy atom. The summed E-state index contributed by atoms with van der Waals surface area (Å²) in [7, 11) is -3.63. The zero-order chi connectivity index (χ0) is 21.2. The number of benzene rings is 2. The van der Waals surface area contributed by atoms with Gasteiger partial charge in [-0.25, -0.2) is 8.42 Å². The van der Waals surface area contributed by atoms with E-state index in [4.69, 9.17) is 9.47 Å². The lowest BCUT2D eigenvalue weighted by Crippen LogP contribution is -2.41. The van der Waals surface area contributed by atoms with E-state index < -0.39 is 15.9 Å². The first kappa shape index (κ1) is 21.0. The number of hydrogen-bond acceptors (Lipinski definition) is 5. The maximum absolute atomic E-state index is 12.7. The zero-order valence-electron chi connectivity index (χ0n) is 17.1. The van der Waals surface area contributed by atoms with Crippen LogP contribution in [-0.4, -0.2) is 40.3 Å². The van der Waals surface area contributed by atoms with Crippen molar-refractivity contribution < 1.29 is 22.7 Å². The van der Waals surface area contributed by atoms with Crippen LogP contribution in [0.3, 0.4) is 0 Å². The summed E-state index contributed by atoms with van der Waals surface area (Å²) >= 11 is 0. The number of ether oxygens (including phenoxy) is 2. The van der Waals surface area contributed by atoms with Crippen molar-refractivity contribution in [3.8, 4) is 11.5 Å².